The monoisotopic (exact) mass is 282 g/mol. The third-order valence-electron chi connectivity index (χ3n) is 2.93. The summed E-state index contributed by atoms with van der Waals surface area (Å²) in [5.41, 5.74) is 0.830. The lowest BCUT2D eigenvalue weighted by Crippen LogP contribution is -2.38. The Morgan fingerprint density at radius 3 is 2.74 bits per heavy atom. The summed E-state index contributed by atoms with van der Waals surface area (Å²) in [5.74, 6) is 0.231. The van der Waals surface area contributed by atoms with Gasteiger partial charge in [0.1, 0.15) is 12.4 Å². The van der Waals surface area contributed by atoms with Crippen molar-refractivity contribution in [1.82, 2.24) is 10.2 Å². The van der Waals surface area contributed by atoms with Gasteiger partial charge in [-0.05, 0) is 24.6 Å². The second-order valence-corrected chi connectivity index (χ2v) is 5.42. The molecule has 2 rings (SSSR count). The number of carbonyl (C=O) groups excluding carboxylic acids is 2. The van der Waals surface area contributed by atoms with Crippen molar-refractivity contribution < 1.29 is 14.0 Å². The van der Waals surface area contributed by atoms with Gasteiger partial charge in [-0.25, -0.2) is 4.39 Å². The molecule has 102 valence electrons. The summed E-state index contributed by atoms with van der Waals surface area (Å²) in [6.45, 7) is 2.52. The number of thioether (sulfide) groups is 1. The molecular weight excluding hydrogens is 267 g/mol. The van der Waals surface area contributed by atoms with Crippen LogP contribution in [0.4, 0.5) is 9.18 Å². The fourth-order valence-corrected chi connectivity index (χ4v) is 2.69. The highest BCUT2D eigenvalue weighted by Gasteiger charge is 2.23. The molecule has 0 saturated carbocycles. The average Bonchev–Trinajstić information content (AvgIpc) is 2.75. The summed E-state index contributed by atoms with van der Waals surface area (Å²) in [4.78, 5) is 24.7. The van der Waals surface area contributed by atoms with E-state index in [1.807, 2.05) is 6.92 Å². The van der Waals surface area contributed by atoms with E-state index in [-0.39, 0.29) is 29.6 Å². The second kappa shape index (κ2) is 6.06. The third kappa shape index (κ3) is 3.70. The third-order valence-corrected chi connectivity index (χ3v) is 3.82. The van der Waals surface area contributed by atoms with Gasteiger partial charge < -0.3 is 10.2 Å². The van der Waals surface area contributed by atoms with Crippen molar-refractivity contribution in [2.45, 2.75) is 13.0 Å². The zero-order chi connectivity index (χ0) is 13.8. The number of nitrogens with one attached hydrogen (secondary N) is 1. The van der Waals surface area contributed by atoms with E-state index in [2.05, 4.69) is 5.32 Å². The summed E-state index contributed by atoms with van der Waals surface area (Å²) in [6.07, 6.45) is 0. The molecule has 4 nitrogen and oxygen atoms in total. The molecular formula is C13H15FN2O2S. The number of amides is 2. The molecule has 1 N–H and O–H groups in total. The van der Waals surface area contributed by atoms with Crippen molar-refractivity contribution in [2.75, 3.05) is 18.8 Å². The van der Waals surface area contributed by atoms with Gasteiger partial charge in [-0.1, -0.05) is 23.9 Å². The van der Waals surface area contributed by atoms with Crippen molar-refractivity contribution in [1.29, 1.82) is 0 Å². The normalized spacial score (nSPS) is 16.5. The van der Waals surface area contributed by atoms with Crippen LogP contribution in [0.2, 0.25) is 0 Å². The predicted octanol–water partition coefficient (Wildman–Crippen LogP) is 2.17. The van der Waals surface area contributed by atoms with Crippen LogP contribution in [0.1, 0.15) is 18.5 Å². The Morgan fingerprint density at radius 2 is 2.16 bits per heavy atom. The van der Waals surface area contributed by atoms with Gasteiger partial charge in [-0.3, -0.25) is 9.59 Å². The maximum absolute atomic E-state index is 12.8. The van der Waals surface area contributed by atoms with E-state index in [0.717, 1.165) is 11.3 Å². The highest BCUT2D eigenvalue weighted by molar-refractivity contribution is 8.13. The van der Waals surface area contributed by atoms with Crippen LogP contribution < -0.4 is 5.32 Å². The zero-order valence-corrected chi connectivity index (χ0v) is 11.4. The first-order chi connectivity index (χ1) is 9.06. The van der Waals surface area contributed by atoms with Crippen molar-refractivity contribution in [3.8, 4) is 0 Å². The van der Waals surface area contributed by atoms with E-state index >= 15 is 0 Å². The molecule has 0 radical (unpaired) electrons. The maximum Gasteiger partial charge on any atom is 0.282 e. The van der Waals surface area contributed by atoms with E-state index < -0.39 is 0 Å². The molecule has 0 bridgehead atoms. The molecule has 1 atom stereocenters. The first-order valence-electron chi connectivity index (χ1n) is 6.03. The second-order valence-electron chi connectivity index (χ2n) is 4.38. The molecule has 0 aromatic heterocycles. The number of hydrogen-bond donors (Lipinski definition) is 1. The van der Waals surface area contributed by atoms with Crippen molar-refractivity contribution in [2.24, 2.45) is 0 Å². The topological polar surface area (TPSA) is 49.4 Å². The van der Waals surface area contributed by atoms with Crippen LogP contribution in [0.15, 0.2) is 24.3 Å². The van der Waals surface area contributed by atoms with Gasteiger partial charge in [-0.2, -0.15) is 0 Å². The van der Waals surface area contributed by atoms with Gasteiger partial charge in [0.15, 0.2) is 0 Å². The Hall–Kier alpha value is -1.56. The standard InChI is InChI=1S/C13H15FN2O2S/c1-9(10-2-4-11(14)5-3-10)15-12(17)8-16-6-7-19-13(16)18/h2-5,9H,6-8H2,1H3,(H,15,17)/t9-/m1/s1. The van der Waals surface area contributed by atoms with Crippen LogP contribution in [0.5, 0.6) is 0 Å². The van der Waals surface area contributed by atoms with Crippen molar-refractivity contribution >= 4 is 22.9 Å². The number of carbonyl (C=O) groups is 2. The Balaban J connectivity index is 1.87. The highest BCUT2D eigenvalue weighted by atomic mass is 32.2. The summed E-state index contributed by atoms with van der Waals surface area (Å²) in [5, 5.41) is 2.75. The number of benzene rings is 1. The SMILES string of the molecule is C[C@@H](NC(=O)CN1CCSC1=O)c1ccc(F)cc1. The van der Waals surface area contributed by atoms with Crippen LogP contribution in [0.3, 0.4) is 0 Å². The molecule has 2 amide bonds. The van der Waals surface area contributed by atoms with Crippen LogP contribution in [-0.2, 0) is 4.79 Å². The molecule has 1 heterocycles. The number of rotatable bonds is 4. The number of hydrogen-bond acceptors (Lipinski definition) is 3. The van der Waals surface area contributed by atoms with Crippen LogP contribution in [0, 0.1) is 5.82 Å². The van der Waals surface area contributed by atoms with Crippen LogP contribution in [0.25, 0.3) is 0 Å². The lowest BCUT2D eigenvalue weighted by molar-refractivity contribution is -0.122. The number of nitrogens with zero attached hydrogens (tertiary/aromatic N) is 1. The molecule has 1 aliphatic heterocycles. The van der Waals surface area contributed by atoms with E-state index in [1.165, 1.54) is 28.8 Å². The van der Waals surface area contributed by atoms with Crippen molar-refractivity contribution in [3.05, 3.63) is 35.6 Å². The summed E-state index contributed by atoms with van der Waals surface area (Å²) in [7, 11) is 0. The summed E-state index contributed by atoms with van der Waals surface area (Å²) in [6, 6.07) is 5.78. The molecule has 1 aliphatic rings. The minimum absolute atomic E-state index is 0.0513. The Labute approximate surface area is 115 Å². The quantitative estimate of drug-likeness (QED) is 0.920. The minimum Gasteiger partial charge on any atom is -0.348 e. The molecule has 1 aromatic rings. The minimum atomic E-state index is -0.304. The fourth-order valence-electron chi connectivity index (χ4n) is 1.86. The van der Waals surface area contributed by atoms with E-state index in [1.54, 1.807) is 12.1 Å². The van der Waals surface area contributed by atoms with Gasteiger partial charge in [-0.15, -0.1) is 0 Å². The Bertz CT molecular complexity index is 478. The molecule has 0 spiro atoms. The largest absolute Gasteiger partial charge is 0.348 e. The molecule has 1 fully saturated rings. The Kier molecular flexibility index (Phi) is 4.42. The average molecular weight is 282 g/mol. The zero-order valence-electron chi connectivity index (χ0n) is 10.6. The molecule has 0 aliphatic carbocycles. The molecule has 19 heavy (non-hydrogen) atoms. The van der Waals surface area contributed by atoms with E-state index in [4.69, 9.17) is 0 Å². The number of halogens is 1. The van der Waals surface area contributed by atoms with Crippen LogP contribution >= 0.6 is 11.8 Å². The van der Waals surface area contributed by atoms with Gasteiger partial charge in [0.25, 0.3) is 5.24 Å². The Morgan fingerprint density at radius 1 is 1.47 bits per heavy atom. The first kappa shape index (κ1) is 13.9. The summed E-state index contributed by atoms with van der Waals surface area (Å²) >= 11 is 1.23. The molecule has 1 saturated heterocycles. The predicted molar refractivity (Wildman–Crippen MR) is 72.4 cm³/mol. The lowest BCUT2D eigenvalue weighted by Gasteiger charge is -2.18. The van der Waals surface area contributed by atoms with E-state index in [0.29, 0.717) is 6.54 Å². The van der Waals surface area contributed by atoms with E-state index in [9.17, 15) is 14.0 Å². The van der Waals surface area contributed by atoms with Gasteiger partial charge in [0.2, 0.25) is 5.91 Å². The summed E-state index contributed by atoms with van der Waals surface area (Å²) < 4.78 is 12.8. The molecule has 1 aromatic carbocycles. The van der Waals surface area contributed by atoms with Gasteiger partial charge in [0.05, 0.1) is 6.04 Å². The maximum atomic E-state index is 12.8. The molecule has 6 heteroatoms. The fraction of sp³-hybridized carbons (Fsp3) is 0.385. The smallest absolute Gasteiger partial charge is 0.282 e. The van der Waals surface area contributed by atoms with Gasteiger partial charge in [0, 0.05) is 12.3 Å². The molecule has 0 unspecified atom stereocenters. The highest BCUT2D eigenvalue weighted by Crippen LogP contribution is 2.17. The van der Waals surface area contributed by atoms with Crippen LogP contribution in [-0.4, -0.2) is 34.9 Å². The first-order valence-corrected chi connectivity index (χ1v) is 7.01. The van der Waals surface area contributed by atoms with Crippen molar-refractivity contribution in [3.63, 3.8) is 0 Å². The lowest BCUT2D eigenvalue weighted by atomic mass is 10.1. The van der Waals surface area contributed by atoms with Gasteiger partial charge >= 0.3 is 0 Å².